The molecule has 0 bridgehead atoms. The van der Waals surface area contributed by atoms with E-state index in [0.717, 1.165) is 0 Å². The number of ether oxygens (including phenoxy) is 3. The van der Waals surface area contributed by atoms with E-state index in [0.29, 0.717) is 16.0 Å². The number of halogens is 7. The topological polar surface area (TPSA) is 27.7 Å². The summed E-state index contributed by atoms with van der Waals surface area (Å²) in [6.07, 6.45) is -9.30. The Morgan fingerprint density at radius 3 is 1.30 bits per heavy atom. The summed E-state index contributed by atoms with van der Waals surface area (Å²) in [7, 11) is 0. The van der Waals surface area contributed by atoms with Crippen molar-refractivity contribution in [1.29, 1.82) is 0 Å². The van der Waals surface area contributed by atoms with E-state index in [2.05, 4.69) is 25.4 Å². The lowest BCUT2D eigenvalue weighted by Crippen LogP contribution is -2.16. The van der Waals surface area contributed by atoms with Gasteiger partial charge >= 0.3 is 12.7 Å². The van der Waals surface area contributed by atoms with Crippen molar-refractivity contribution in [2.45, 2.75) is 12.7 Å². The number of hydrogen-bond acceptors (Lipinski definition) is 3. The zero-order chi connectivity index (χ0) is 22.2. The molecule has 3 nitrogen and oxygen atoms in total. The standard InChI is InChI=1S/C13H9F3O2.C7H4BrF3O/c14-13(15,16)18-12-8-6-11(7-9-12)17-10-4-2-1-3-5-10;8-5-1-3-6(4-2-5)12-7(9,10)11/h1-9H;1-4H. The molecule has 3 aromatic rings. The predicted molar refractivity (Wildman–Crippen MR) is 100 cm³/mol. The van der Waals surface area contributed by atoms with E-state index < -0.39 is 12.7 Å². The average Bonchev–Trinajstić information content (AvgIpc) is 2.64. The first-order valence-corrected chi connectivity index (χ1v) is 8.89. The van der Waals surface area contributed by atoms with Gasteiger partial charge in [-0.05, 0) is 60.7 Å². The van der Waals surface area contributed by atoms with E-state index in [1.807, 2.05) is 6.07 Å². The highest BCUT2D eigenvalue weighted by atomic mass is 79.9. The second-order valence-electron chi connectivity index (χ2n) is 5.44. The fraction of sp³-hybridized carbons (Fsp3) is 0.100. The molecular formula is C20H13BrF6O3. The highest BCUT2D eigenvalue weighted by Gasteiger charge is 2.31. The fourth-order valence-corrected chi connectivity index (χ4v) is 2.23. The van der Waals surface area contributed by atoms with Gasteiger partial charge in [0.15, 0.2) is 0 Å². The predicted octanol–water partition coefficient (Wildman–Crippen LogP) is 7.73. The summed E-state index contributed by atoms with van der Waals surface area (Å²) in [6, 6.07) is 19.6. The normalized spacial score (nSPS) is 11.2. The van der Waals surface area contributed by atoms with Crippen molar-refractivity contribution >= 4 is 15.9 Å². The maximum absolute atomic E-state index is 11.9. The molecule has 0 saturated heterocycles. The lowest BCUT2D eigenvalue weighted by atomic mass is 10.3. The molecule has 0 radical (unpaired) electrons. The first kappa shape index (κ1) is 23.4. The van der Waals surface area contributed by atoms with Gasteiger partial charge in [-0.3, -0.25) is 0 Å². The minimum atomic E-state index is -4.68. The van der Waals surface area contributed by atoms with Crippen LogP contribution in [-0.4, -0.2) is 12.7 Å². The van der Waals surface area contributed by atoms with Crippen LogP contribution >= 0.6 is 15.9 Å². The van der Waals surface area contributed by atoms with Crippen molar-refractivity contribution in [1.82, 2.24) is 0 Å². The second kappa shape index (κ2) is 10.2. The monoisotopic (exact) mass is 494 g/mol. The second-order valence-corrected chi connectivity index (χ2v) is 6.35. The van der Waals surface area contributed by atoms with Crippen LogP contribution in [0.25, 0.3) is 0 Å². The Morgan fingerprint density at radius 1 is 0.500 bits per heavy atom. The molecule has 0 aliphatic rings. The molecule has 0 atom stereocenters. The van der Waals surface area contributed by atoms with Gasteiger partial charge in [-0.1, -0.05) is 34.1 Å². The van der Waals surface area contributed by atoms with Gasteiger partial charge in [0.1, 0.15) is 23.0 Å². The molecule has 0 N–H and O–H groups in total. The summed E-state index contributed by atoms with van der Waals surface area (Å²) in [5, 5.41) is 0. The van der Waals surface area contributed by atoms with E-state index in [9.17, 15) is 26.3 Å². The van der Waals surface area contributed by atoms with Gasteiger partial charge in [0.05, 0.1) is 0 Å². The lowest BCUT2D eigenvalue weighted by molar-refractivity contribution is -0.275. The number of rotatable bonds is 4. The molecule has 10 heteroatoms. The highest BCUT2D eigenvalue weighted by molar-refractivity contribution is 9.10. The molecule has 0 saturated carbocycles. The van der Waals surface area contributed by atoms with E-state index >= 15 is 0 Å². The van der Waals surface area contributed by atoms with Gasteiger partial charge in [-0.15, -0.1) is 26.3 Å². The van der Waals surface area contributed by atoms with Crippen molar-refractivity contribution in [3.63, 3.8) is 0 Å². The fourth-order valence-electron chi connectivity index (χ4n) is 1.97. The van der Waals surface area contributed by atoms with Gasteiger partial charge < -0.3 is 14.2 Å². The van der Waals surface area contributed by atoms with Crippen molar-refractivity contribution in [2.75, 3.05) is 0 Å². The van der Waals surface area contributed by atoms with Gasteiger partial charge in [-0.2, -0.15) is 0 Å². The zero-order valence-corrected chi connectivity index (χ0v) is 16.5. The Bertz CT molecular complexity index is 895. The Balaban J connectivity index is 0.000000232. The summed E-state index contributed by atoms with van der Waals surface area (Å²) in [5.74, 6) is 0.561. The van der Waals surface area contributed by atoms with Crippen LogP contribution in [0.2, 0.25) is 0 Å². The van der Waals surface area contributed by atoms with E-state index in [1.54, 1.807) is 24.3 Å². The number of hydrogen-bond donors (Lipinski definition) is 0. The van der Waals surface area contributed by atoms with Crippen LogP contribution in [0.3, 0.4) is 0 Å². The molecule has 30 heavy (non-hydrogen) atoms. The number of benzene rings is 3. The van der Waals surface area contributed by atoms with Crippen molar-refractivity contribution < 1.29 is 40.6 Å². The summed E-state index contributed by atoms with van der Waals surface area (Å²) >= 11 is 3.09. The SMILES string of the molecule is FC(F)(F)Oc1ccc(Br)cc1.FC(F)(F)Oc1ccc(Oc2ccccc2)cc1. The molecule has 0 fully saturated rings. The molecule has 160 valence electrons. The molecule has 0 aliphatic carbocycles. The molecule has 3 aromatic carbocycles. The zero-order valence-electron chi connectivity index (χ0n) is 14.9. The lowest BCUT2D eigenvalue weighted by Gasteiger charge is -2.09. The third-order valence-electron chi connectivity index (χ3n) is 3.08. The minimum absolute atomic E-state index is 0.217. The van der Waals surface area contributed by atoms with Crippen molar-refractivity contribution in [3.05, 3.63) is 83.3 Å². The molecule has 0 aromatic heterocycles. The minimum Gasteiger partial charge on any atom is -0.457 e. The molecule has 0 spiro atoms. The van der Waals surface area contributed by atoms with Crippen molar-refractivity contribution in [2.24, 2.45) is 0 Å². The van der Waals surface area contributed by atoms with Crippen molar-refractivity contribution in [3.8, 4) is 23.0 Å². The molecular weight excluding hydrogens is 482 g/mol. The number of para-hydroxylation sites is 1. The first-order valence-electron chi connectivity index (χ1n) is 8.10. The molecule has 0 amide bonds. The van der Waals surface area contributed by atoms with E-state index in [1.165, 1.54) is 48.5 Å². The molecule has 0 unspecified atom stereocenters. The summed E-state index contributed by atoms with van der Waals surface area (Å²) in [5.41, 5.74) is 0. The average molecular weight is 495 g/mol. The molecule has 0 heterocycles. The quantitative estimate of drug-likeness (QED) is 0.347. The van der Waals surface area contributed by atoms with Crippen LogP contribution < -0.4 is 14.2 Å². The van der Waals surface area contributed by atoms with E-state index in [4.69, 9.17) is 4.74 Å². The van der Waals surface area contributed by atoms with Crippen LogP contribution in [0.15, 0.2) is 83.3 Å². The Morgan fingerprint density at radius 2 is 0.867 bits per heavy atom. The Labute approximate surface area is 175 Å². The largest absolute Gasteiger partial charge is 0.573 e. The van der Waals surface area contributed by atoms with Crippen LogP contribution in [0.1, 0.15) is 0 Å². The highest BCUT2D eigenvalue weighted by Crippen LogP contribution is 2.27. The van der Waals surface area contributed by atoms with Crippen LogP contribution in [-0.2, 0) is 0 Å². The van der Waals surface area contributed by atoms with Gasteiger partial charge in [0, 0.05) is 4.47 Å². The summed E-state index contributed by atoms with van der Waals surface area (Å²) in [4.78, 5) is 0. The molecule has 3 rings (SSSR count). The van der Waals surface area contributed by atoms with Crippen LogP contribution in [0.4, 0.5) is 26.3 Å². The maximum Gasteiger partial charge on any atom is 0.573 e. The van der Waals surface area contributed by atoms with Crippen LogP contribution in [0.5, 0.6) is 23.0 Å². The smallest absolute Gasteiger partial charge is 0.457 e. The van der Waals surface area contributed by atoms with Crippen LogP contribution in [0, 0.1) is 0 Å². The first-order chi connectivity index (χ1) is 14.0. The third-order valence-corrected chi connectivity index (χ3v) is 3.61. The van der Waals surface area contributed by atoms with Gasteiger partial charge in [0.25, 0.3) is 0 Å². The molecule has 0 aliphatic heterocycles. The maximum atomic E-state index is 11.9. The summed E-state index contributed by atoms with van der Waals surface area (Å²) < 4.78 is 84.1. The Kier molecular flexibility index (Phi) is 7.99. The summed E-state index contributed by atoms with van der Waals surface area (Å²) in [6.45, 7) is 0. The van der Waals surface area contributed by atoms with E-state index in [-0.39, 0.29) is 11.5 Å². The third kappa shape index (κ3) is 9.55. The Hall–Kier alpha value is -2.88. The van der Waals surface area contributed by atoms with Gasteiger partial charge in [0.2, 0.25) is 0 Å². The number of alkyl halides is 6. The van der Waals surface area contributed by atoms with Gasteiger partial charge in [-0.25, -0.2) is 0 Å².